The van der Waals surface area contributed by atoms with Crippen molar-refractivity contribution in [3.05, 3.63) is 59.2 Å². The summed E-state index contributed by atoms with van der Waals surface area (Å²) in [6.07, 6.45) is 38.6. The molecule has 0 aliphatic carbocycles. The average Bonchev–Trinajstić information content (AvgIpc) is 3.09. The van der Waals surface area contributed by atoms with Gasteiger partial charge in [0.25, 0.3) is 0 Å². The van der Waals surface area contributed by atoms with Crippen molar-refractivity contribution in [1.82, 2.24) is 0 Å². The molecule has 1 rings (SSSR count). The highest BCUT2D eigenvalue weighted by molar-refractivity contribution is 5.90. The van der Waals surface area contributed by atoms with E-state index in [1.165, 1.54) is 121 Å². The molecule has 0 radical (unpaired) electrons. The van der Waals surface area contributed by atoms with E-state index in [2.05, 4.69) is 39.0 Å². The van der Waals surface area contributed by atoms with E-state index in [4.69, 9.17) is 9.47 Å². The first-order valence-electron chi connectivity index (χ1n) is 20.7. The Bertz CT molecular complexity index is 993. The molecule has 0 aliphatic rings. The molecule has 4 nitrogen and oxygen atoms in total. The van der Waals surface area contributed by atoms with Crippen LogP contribution in [0.2, 0.25) is 0 Å². The van der Waals surface area contributed by atoms with E-state index in [1.807, 2.05) is 31.2 Å². The quantitative estimate of drug-likeness (QED) is 0.0421. The predicted octanol–water partition coefficient (Wildman–Crippen LogP) is 14.1. The smallest absolute Gasteiger partial charge is 0.338 e. The Kier molecular flexibility index (Phi) is 29.9. The van der Waals surface area contributed by atoms with Crippen LogP contribution in [0, 0.1) is 6.92 Å². The number of aryl methyl sites for hydroxylation is 1. The molecule has 0 amide bonds. The third-order valence-electron chi connectivity index (χ3n) is 9.64. The lowest BCUT2D eigenvalue weighted by molar-refractivity contribution is -0.150. The Labute approximate surface area is 303 Å². The molecule has 49 heavy (non-hydrogen) atoms. The van der Waals surface area contributed by atoms with Crippen LogP contribution in [0.3, 0.4) is 0 Å². The molecule has 0 bridgehead atoms. The monoisotopic (exact) mass is 681 g/mol. The Morgan fingerprint density at radius 1 is 0.653 bits per heavy atom. The summed E-state index contributed by atoms with van der Waals surface area (Å²) in [6.45, 7) is 9.21. The summed E-state index contributed by atoms with van der Waals surface area (Å²) in [5.41, 5.74) is 3.15. The second-order valence-corrected chi connectivity index (χ2v) is 14.4. The van der Waals surface area contributed by atoms with Crippen molar-refractivity contribution in [2.75, 3.05) is 6.61 Å². The minimum absolute atomic E-state index is 0.0203. The Morgan fingerprint density at radius 2 is 1.20 bits per heavy atom. The van der Waals surface area contributed by atoms with Crippen LogP contribution in [0.15, 0.2) is 48.1 Å². The van der Waals surface area contributed by atoms with Gasteiger partial charge in [-0.3, -0.25) is 4.79 Å². The van der Waals surface area contributed by atoms with Gasteiger partial charge >= 0.3 is 11.9 Å². The fraction of sp³-hybridized carbons (Fsp3) is 0.733. The lowest BCUT2D eigenvalue weighted by Crippen LogP contribution is -2.18. The van der Waals surface area contributed by atoms with Crippen LogP contribution in [0.5, 0.6) is 0 Å². The van der Waals surface area contributed by atoms with Crippen molar-refractivity contribution in [2.24, 2.45) is 0 Å². The van der Waals surface area contributed by atoms with Crippen LogP contribution in [-0.4, -0.2) is 24.6 Å². The molecule has 0 fully saturated rings. The maximum Gasteiger partial charge on any atom is 0.338 e. The van der Waals surface area contributed by atoms with Crippen molar-refractivity contribution >= 4 is 11.9 Å². The molecule has 1 atom stereocenters. The number of allylic oxidation sites excluding steroid dienone is 4. The number of benzene rings is 1. The van der Waals surface area contributed by atoms with Crippen LogP contribution >= 0.6 is 0 Å². The van der Waals surface area contributed by atoms with E-state index in [1.54, 1.807) is 0 Å². The lowest BCUT2D eigenvalue weighted by atomic mass is 10.0. The van der Waals surface area contributed by atoms with Crippen LogP contribution in [0.4, 0.5) is 0 Å². The van der Waals surface area contributed by atoms with E-state index in [9.17, 15) is 9.59 Å². The SMILES string of the molecule is CCCCC/C=C\C/C=C(/C)CCCCCCCC(=O)O[C@H](CCCCCC)CCCCCCCCCCCOC(=O)c1ccccc1C. The van der Waals surface area contributed by atoms with E-state index in [-0.39, 0.29) is 18.0 Å². The van der Waals surface area contributed by atoms with Gasteiger partial charge in [-0.05, 0) is 96.1 Å². The fourth-order valence-electron chi connectivity index (χ4n) is 6.36. The van der Waals surface area contributed by atoms with Gasteiger partial charge in [0.05, 0.1) is 12.2 Å². The number of hydrogen-bond acceptors (Lipinski definition) is 4. The first kappa shape index (κ1) is 44.7. The van der Waals surface area contributed by atoms with Crippen molar-refractivity contribution in [1.29, 1.82) is 0 Å². The van der Waals surface area contributed by atoms with Gasteiger partial charge < -0.3 is 9.47 Å². The van der Waals surface area contributed by atoms with Crippen LogP contribution in [0.25, 0.3) is 0 Å². The van der Waals surface area contributed by atoms with Gasteiger partial charge in [0.2, 0.25) is 0 Å². The minimum Gasteiger partial charge on any atom is -0.462 e. The molecular formula is C45H76O4. The third-order valence-corrected chi connectivity index (χ3v) is 9.64. The molecule has 0 aliphatic heterocycles. The van der Waals surface area contributed by atoms with Crippen molar-refractivity contribution in [3.8, 4) is 0 Å². The highest BCUT2D eigenvalue weighted by Gasteiger charge is 2.14. The summed E-state index contributed by atoms with van der Waals surface area (Å²) in [5, 5.41) is 0. The van der Waals surface area contributed by atoms with E-state index in [0.717, 1.165) is 56.9 Å². The molecule has 0 N–H and O–H groups in total. The maximum atomic E-state index is 12.7. The Balaban J connectivity index is 2.09. The number of hydrogen-bond donors (Lipinski definition) is 0. The van der Waals surface area contributed by atoms with Crippen molar-refractivity contribution in [3.63, 3.8) is 0 Å². The zero-order valence-electron chi connectivity index (χ0n) is 32.6. The summed E-state index contributed by atoms with van der Waals surface area (Å²) >= 11 is 0. The summed E-state index contributed by atoms with van der Waals surface area (Å²) in [7, 11) is 0. The van der Waals surface area contributed by atoms with Crippen LogP contribution in [-0.2, 0) is 14.3 Å². The second-order valence-electron chi connectivity index (χ2n) is 14.4. The number of ether oxygens (including phenoxy) is 2. The van der Waals surface area contributed by atoms with Gasteiger partial charge in [0, 0.05) is 6.42 Å². The van der Waals surface area contributed by atoms with Gasteiger partial charge in [0.15, 0.2) is 0 Å². The highest BCUT2D eigenvalue weighted by atomic mass is 16.5. The summed E-state index contributed by atoms with van der Waals surface area (Å²) in [4.78, 5) is 24.9. The fourth-order valence-corrected chi connectivity index (χ4v) is 6.36. The standard InChI is InChI=1S/C45H76O4/c1-5-7-9-11-15-19-24-32-40(3)33-25-20-18-22-28-38-44(46)49-42(35-26-10-8-6-2)36-27-21-16-13-12-14-17-23-31-39-48-45(47)43-37-30-29-34-41(43)4/h15,19,29-30,32,34,37,42H,5-14,16-18,20-28,31,33,35-36,38-39H2,1-4H3/b19-15-,40-32-/t42-/m1/s1. The zero-order valence-corrected chi connectivity index (χ0v) is 32.6. The zero-order chi connectivity index (χ0) is 35.6. The number of carbonyl (C=O) groups is 2. The van der Waals surface area contributed by atoms with Crippen molar-refractivity contribution < 1.29 is 19.1 Å². The van der Waals surface area contributed by atoms with Gasteiger partial charge in [-0.1, -0.05) is 152 Å². The number of rotatable bonds is 33. The lowest BCUT2D eigenvalue weighted by Gasteiger charge is -2.18. The van der Waals surface area contributed by atoms with Gasteiger partial charge in [-0.25, -0.2) is 4.79 Å². The summed E-state index contributed by atoms with van der Waals surface area (Å²) < 4.78 is 11.5. The largest absolute Gasteiger partial charge is 0.462 e. The number of unbranched alkanes of at least 4 members (excludes halogenated alkanes) is 18. The Morgan fingerprint density at radius 3 is 1.86 bits per heavy atom. The molecule has 0 saturated heterocycles. The van der Waals surface area contributed by atoms with Gasteiger partial charge in [-0.2, -0.15) is 0 Å². The minimum atomic E-state index is -0.205. The summed E-state index contributed by atoms with van der Waals surface area (Å²) in [6, 6.07) is 7.60. The van der Waals surface area contributed by atoms with E-state index < -0.39 is 0 Å². The molecule has 4 heteroatoms. The number of carbonyl (C=O) groups excluding carboxylic acids is 2. The average molecular weight is 681 g/mol. The first-order chi connectivity index (χ1) is 24.0. The summed E-state index contributed by atoms with van der Waals surface area (Å²) in [5.74, 6) is -0.185. The molecular weight excluding hydrogens is 604 g/mol. The second kappa shape index (κ2) is 32.8. The highest BCUT2D eigenvalue weighted by Crippen LogP contribution is 2.19. The van der Waals surface area contributed by atoms with E-state index in [0.29, 0.717) is 18.6 Å². The molecule has 280 valence electrons. The topological polar surface area (TPSA) is 52.6 Å². The normalized spacial score (nSPS) is 12.4. The Hall–Kier alpha value is -2.36. The van der Waals surface area contributed by atoms with Crippen molar-refractivity contribution in [2.45, 2.75) is 207 Å². The molecule has 0 spiro atoms. The van der Waals surface area contributed by atoms with Crippen LogP contribution < -0.4 is 0 Å². The number of esters is 2. The molecule has 0 heterocycles. The third kappa shape index (κ3) is 27.1. The molecule has 1 aromatic rings. The molecule has 0 saturated carbocycles. The molecule has 0 unspecified atom stereocenters. The maximum absolute atomic E-state index is 12.7. The molecule has 1 aromatic carbocycles. The van der Waals surface area contributed by atoms with Gasteiger partial charge in [0.1, 0.15) is 6.10 Å². The first-order valence-corrected chi connectivity index (χ1v) is 20.7. The van der Waals surface area contributed by atoms with Gasteiger partial charge in [-0.15, -0.1) is 0 Å². The molecule has 0 aromatic heterocycles. The van der Waals surface area contributed by atoms with E-state index >= 15 is 0 Å². The van der Waals surface area contributed by atoms with Crippen LogP contribution in [0.1, 0.15) is 210 Å². The predicted molar refractivity (Wildman–Crippen MR) is 210 cm³/mol.